The van der Waals surface area contributed by atoms with Gasteiger partial charge < -0.3 is 9.84 Å². The van der Waals surface area contributed by atoms with Crippen molar-refractivity contribution in [1.82, 2.24) is 9.97 Å². The molecule has 0 aliphatic heterocycles. The van der Waals surface area contributed by atoms with Crippen LogP contribution in [0.2, 0.25) is 0 Å². The van der Waals surface area contributed by atoms with Gasteiger partial charge >= 0.3 is 11.9 Å². The molecule has 2 aromatic heterocycles. The molecule has 0 atom stereocenters. The van der Waals surface area contributed by atoms with E-state index in [0.29, 0.717) is 5.69 Å². The first kappa shape index (κ1) is 21.7. The van der Waals surface area contributed by atoms with E-state index in [1.54, 1.807) is 17.4 Å². The van der Waals surface area contributed by atoms with E-state index < -0.39 is 11.9 Å². The maximum Gasteiger partial charge on any atom is 0.358 e. The number of aromatic carboxylic acids is 1. The minimum atomic E-state index is -1.27. The molecule has 0 spiro atoms. The molecule has 8 nitrogen and oxygen atoms in total. The number of hydrogen-bond acceptors (Lipinski definition) is 8. The lowest BCUT2D eigenvalue weighted by Crippen LogP contribution is -2.14. The number of ether oxygens (including phenoxy) is 1. The van der Waals surface area contributed by atoms with Crippen LogP contribution in [0.3, 0.4) is 0 Å². The van der Waals surface area contributed by atoms with Crippen LogP contribution in [-0.2, 0) is 11.2 Å². The van der Waals surface area contributed by atoms with Gasteiger partial charge in [0.25, 0.3) is 0 Å². The van der Waals surface area contributed by atoms with Gasteiger partial charge in [-0.25, -0.2) is 14.8 Å². The second-order valence-electron chi connectivity index (χ2n) is 7.82. The van der Waals surface area contributed by atoms with Crippen molar-refractivity contribution in [3.05, 3.63) is 71.4 Å². The fourth-order valence-corrected chi connectivity index (χ4v) is 4.76. The molecule has 9 heteroatoms. The molecule has 4 aromatic rings. The summed E-state index contributed by atoms with van der Waals surface area (Å²) in [6, 6.07) is 17.0. The largest absolute Gasteiger partial charge is 0.476 e. The Morgan fingerprint density at radius 2 is 1.94 bits per heavy atom. The number of anilines is 1. The van der Waals surface area contributed by atoms with Gasteiger partial charge in [-0.2, -0.15) is 5.10 Å². The van der Waals surface area contributed by atoms with Crippen molar-refractivity contribution in [2.45, 2.75) is 26.2 Å². The highest BCUT2D eigenvalue weighted by Crippen LogP contribution is 2.30. The van der Waals surface area contributed by atoms with Crippen molar-refractivity contribution in [3.63, 3.8) is 0 Å². The van der Waals surface area contributed by atoms with Crippen molar-refractivity contribution < 1.29 is 19.4 Å². The van der Waals surface area contributed by atoms with Gasteiger partial charge in [0.1, 0.15) is 0 Å². The molecule has 0 saturated carbocycles. The smallest absolute Gasteiger partial charge is 0.358 e. The minimum absolute atomic E-state index is 0.0796. The third-order valence-electron chi connectivity index (χ3n) is 5.47. The average molecular weight is 473 g/mol. The van der Waals surface area contributed by atoms with Crippen LogP contribution in [-0.4, -0.2) is 32.7 Å². The number of fused-ring (bicyclic) bond motifs is 2. The second-order valence-corrected chi connectivity index (χ2v) is 8.86. The number of aromatic nitrogens is 2. The van der Waals surface area contributed by atoms with Crippen LogP contribution in [0.25, 0.3) is 21.5 Å². The van der Waals surface area contributed by atoms with Gasteiger partial charge in [-0.3, -0.25) is 10.2 Å². The normalized spacial score (nSPS) is 14.1. The Kier molecular flexibility index (Phi) is 5.77. The van der Waals surface area contributed by atoms with E-state index >= 15 is 0 Å². The number of rotatable bonds is 5. The zero-order valence-electron chi connectivity index (χ0n) is 18.2. The highest BCUT2D eigenvalue weighted by Gasteiger charge is 2.20. The molecule has 2 N–H and O–H groups in total. The van der Waals surface area contributed by atoms with Gasteiger partial charge in [0.2, 0.25) is 5.13 Å². The lowest BCUT2D eigenvalue weighted by atomic mass is 9.88. The summed E-state index contributed by atoms with van der Waals surface area (Å²) in [5, 5.41) is 14.9. The first-order chi connectivity index (χ1) is 16.5. The van der Waals surface area contributed by atoms with Gasteiger partial charge in [-0.05, 0) is 55.2 Å². The number of carbonyl (C=O) groups excluding carboxylic acids is 1. The molecule has 5 rings (SSSR count). The van der Waals surface area contributed by atoms with Crippen molar-refractivity contribution in [1.29, 1.82) is 0 Å². The number of benzene rings is 2. The first-order valence-corrected chi connectivity index (χ1v) is 11.5. The summed E-state index contributed by atoms with van der Waals surface area (Å²) in [6.07, 6.45) is 2.74. The number of thiazole rings is 1. The Balaban J connectivity index is 1.48. The van der Waals surface area contributed by atoms with E-state index in [1.807, 2.05) is 42.5 Å². The predicted octanol–water partition coefficient (Wildman–Crippen LogP) is 5.13. The summed E-state index contributed by atoms with van der Waals surface area (Å²) in [5.41, 5.74) is 8.05. The fraction of sp³-hybridized carbons (Fsp3) is 0.160. The Morgan fingerprint density at radius 1 is 1.09 bits per heavy atom. The van der Waals surface area contributed by atoms with Crippen molar-refractivity contribution in [2.24, 2.45) is 5.10 Å². The lowest BCUT2D eigenvalue weighted by Gasteiger charge is -2.19. The molecule has 1 aliphatic carbocycles. The van der Waals surface area contributed by atoms with Crippen molar-refractivity contribution in [2.75, 3.05) is 5.43 Å². The van der Waals surface area contributed by atoms with Crippen LogP contribution in [0, 0.1) is 0 Å². The summed E-state index contributed by atoms with van der Waals surface area (Å²) >= 11 is 1.55. The zero-order chi connectivity index (χ0) is 23.7. The summed E-state index contributed by atoms with van der Waals surface area (Å²) in [6.45, 7) is 1.21. The number of pyridine rings is 1. The predicted molar refractivity (Wildman–Crippen MR) is 131 cm³/mol. The summed E-state index contributed by atoms with van der Waals surface area (Å²) in [7, 11) is 0. The Hall–Kier alpha value is -4.11. The number of carboxylic acids is 1. The monoisotopic (exact) mass is 472 g/mol. The molecular formula is C25H20N4O4S. The quantitative estimate of drug-likeness (QED) is 0.306. The number of carboxylic acid groups (broad SMARTS) is 1. The van der Waals surface area contributed by atoms with Gasteiger partial charge in [0.05, 0.1) is 21.6 Å². The number of hydrazone groups is 1. The van der Waals surface area contributed by atoms with E-state index in [4.69, 9.17) is 4.74 Å². The van der Waals surface area contributed by atoms with E-state index in [0.717, 1.165) is 51.4 Å². The molecule has 0 bridgehead atoms. The standard InChI is InChI=1S/C25H20N4O4S/c1-14(30)33-21-12-11-18(26-23(21)24(31)32)16-10-9-15-5-4-7-19(17(15)13-16)28-29-25-27-20-6-2-3-8-22(20)34-25/h2-3,6,8-13H,4-5,7H2,1H3,(H,27,29)(H,31,32). The summed E-state index contributed by atoms with van der Waals surface area (Å²) in [5.74, 6) is -1.95. The second kappa shape index (κ2) is 9.03. The first-order valence-electron chi connectivity index (χ1n) is 10.7. The molecule has 2 heterocycles. The highest BCUT2D eigenvalue weighted by molar-refractivity contribution is 7.22. The molecule has 0 amide bonds. The highest BCUT2D eigenvalue weighted by atomic mass is 32.1. The number of carbonyl (C=O) groups is 2. The Bertz CT molecular complexity index is 1430. The molecule has 0 radical (unpaired) electrons. The third-order valence-corrected chi connectivity index (χ3v) is 6.41. The number of para-hydroxylation sites is 1. The Morgan fingerprint density at radius 3 is 2.74 bits per heavy atom. The molecule has 0 fully saturated rings. The summed E-state index contributed by atoms with van der Waals surface area (Å²) in [4.78, 5) is 31.8. The fourth-order valence-electron chi connectivity index (χ4n) is 3.95. The summed E-state index contributed by atoms with van der Waals surface area (Å²) < 4.78 is 6.08. The van der Waals surface area contributed by atoms with E-state index in [-0.39, 0.29) is 11.4 Å². The zero-order valence-corrected chi connectivity index (χ0v) is 19.1. The average Bonchev–Trinajstić information content (AvgIpc) is 3.25. The van der Waals surface area contributed by atoms with E-state index in [1.165, 1.54) is 18.6 Å². The SMILES string of the molecule is CC(=O)Oc1ccc(-c2ccc3c(c2)C(=NNc2nc4ccccc4s2)CCC3)nc1C(=O)O. The molecule has 34 heavy (non-hydrogen) atoms. The van der Waals surface area contributed by atoms with Crippen LogP contribution in [0.15, 0.2) is 59.7 Å². The van der Waals surface area contributed by atoms with Crippen LogP contribution in [0.5, 0.6) is 5.75 Å². The van der Waals surface area contributed by atoms with Gasteiger partial charge in [-0.1, -0.05) is 35.6 Å². The van der Waals surface area contributed by atoms with Crippen LogP contribution in [0.4, 0.5) is 5.13 Å². The topological polar surface area (TPSA) is 114 Å². The van der Waals surface area contributed by atoms with Crippen LogP contribution < -0.4 is 10.2 Å². The molecule has 2 aromatic carbocycles. The lowest BCUT2D eigenvalue weighted by molar-refractivity contribution is -0.131. The molecule has 0 saturated heterocycles. The number of aryl methyl sites for hydroxylation is 1. The van der Waals surface area contributed by atoms with Gasteiger partial charge in [-0.15, -0.1) is 0 Å². The maximum atomic E-state index is 11.7. The molecule has 170 valence electrons. The van der Waals surface area contributed by atoms with Crippen LogP contribution in [0.1, 0.15) is 41.4 Å². The third kappa shape index (κ3) is 4.38. The van der Waals surface area contributed by atoms with Gasteiger partial charge in [0.15, 0.2) is 11.4 Å². The number of nitrogens with one attached hydrogen (secondary N) is 1. The van der Waals surface area contributed by atoms with Gasteiger partial charge in [0, 0.05) is 18.1 Å². The van der Waals surface area contributed by atoms with E-state index in [2.05, 4.69) is 20.5 Å². The molecule has 1 aliphatic rings. The van der Waals surface area contributed by atoms with Crippen LogP contribution >= 0.6 is 11.3 Å². The van der Waals surface area contributed by atoms with Crippen molar-refractivity contribution >= 4 is 44.3 Å². The number of hydrogen-bond donors (Lipinski definition) is 2. The van der Waals surface area contributed by atoms with Crippen molar-refractivity contribution in [3.8, 4) is 17.0 Å². The number of nitrogens with zero attached hydrogens (tertiary/aromatic N) is 3. The number of esters is 1. The molecule has 0 unspecified atom stereocenters. The van der Waals surface area contributed by atoms with E-state index in [9.17, 15) is 14.7 Å². The Labute approximate surface area is 199 Å². The molecular weight excluding hydrogens is 452 g/mol. The minimum Gasteiger partial charge on any atom is -0.476 e. The maximum absolute atomic E-state index is 11.7.